The van der Waals surface area contributed by atoms with Gasteiger partial charge in [0, 0.05) is 23.5 Å². The van der Waals surface area contributed by atoms with Crippen molar-refractivity contribution in [1.29, 1.82) is 5.41 Å². The van der Waals surface area contributed by atoms with Gasteiger partial charge in [0.2, 0.25) is 5.90 Å². The fourth-order valence-corrected chi connectivity index (χ4v) is 3.45. The zero-order chi connectivity index (χ0) is 22.0. The van der Waals surface area contributed by atoms with Gasteiger partial charge in [0.25, 0.3) is 0 Å². The Labute approximate surface area is 179 Å². The lowest BCUT2D eigenvalue weighted by Crippen LogP contribution is -2.25. The Morgan fingerprint density at radius 1 is 1.26 bits per heavy atom. The van der Waals surface area contributed by atoms with Gasteiger partial charge in [0.05, 0.1) is 19.3 Å². The second kappa shape index (κ2) is 8.53. The van der Waals surface area contributed by atoms with E-state index < -0.39 is 0 Å². The Morgan fingerprint density at radius 2 is 2.06 bits per heavy atom. The lowest BCUT2D eigenvalue weighted by Gasteiger charge is -2.16. The van der Waals surface area contributed by atoms with E-state index in [9.17, 15) is 4.39 Å². The predicted molar refractivity (Wildman–Crippen MR) is 119 cm³/mol. The maximum absolute atomic E-state index is 14.4. The van der Waals surface area contributed by atoms with Gasteiger partial charge in [-0.2, -0.15) is 4.99 Å². The number of pyridine rings is 1. The summed E-state index contributed by atoms with van der Waals surface area (Å²) in [4.78, 5) is 8.66. The van der Waals surface area contributed by atoms with Gasteiger partial charge in [-0.05, 0) is 43.7 Å². The van der Waals surface area contributed by atoms with Crippen molar-refractivity contribution < 1.29 is 9.13 Å². The average Bonchev–Trinajstić information content (AvgIpc) is 3.40. The fourth-order valence-electron chi connectivity index (χ4n) is 3.45. The van der Waals surface area contributed by atoms with Crippen molar-refractivity contribution in [2.45, 2.75) is 19.9 Å². The van der Waals surface area contributed by atoms with Gasteiger partial charge in [-0.15, -0.1) is 0 Å². The highest BCUT2D eigenvalue weighted by atomic mass is 19.1. The zero-order valence-corrected chi connectivity index (χ0v) is 17.5. The molecule has 8 heteroatoms. The SMILES string of the molecule is COC(C=C(C)C)=NC(=N)c1cnc2ccc(C3=CNNC3c3ccccc3F)cn12. The molecular formula is C23H23FN6O. The van der Waals surface area contributed by atoms with Crippen LogP contribution in [0.5, 0.6) is 0 Å². The summed E-state index contributed by atoms with van der Waals surface area (Å²) in [6.45, 7) is 3.87. The quantitative estimate of drug-likeness (QED) is 0.442. The number of ether oxygens (including phenoxy) is 1. The van der Waals surface area contributed by atoms with Crippen LogP contribution >= 0.6 is 0 Å². The number of allylic oxidation sites excluding steroid dienone is 1. The van der Waals surface area contributed by atoms with Crippen molar-refractivity contribution in [3.8, 4) is 0 Å². The summed E-state index contributed by atoms with van der Waals surface area (Å²) in [5.41, 5.74) is 10.6. The third-order valence-corrected chi connectivity index (χ3v) is 4.91. The van der Waals surface area contributed by atoms with Crippen LogP contribution in [0.4, 0.5) is 4.39 Å². The highest BCUT2D eigenvalue weighted by Gasteiger charge is 2.25. The number of benzene rings is 1. The highest BCUT2D eigenvalue weighted by molar-refractivity contribution is 6.05. The Bertz CT molecular complexity index is 1240. The molecule has 1 aliphatic rings. The van der Waals surface area contributed by atoms with E-state index in [-0.39, 0.29) is 17.7 Å². The second-order valence-corrected chi connectivity index (χ2v) is 7.36. The second-order valence-electron chi connectivity index (χ2n) is 7.36. The van der Waals surface area contributed by atoms with Crippen molar-refractivity contribution in [3.05, 3.63) is 89.3 Å². The molecule has 0 spiro atoms. The van der Waals surface area contributed by atoms with Crippen LogP contribution in [0.25, 0.3) is 11.2 Å². The van der Waals surface area contributed by atoms with Crippen molar-refractivity contribution >= 4 is 23.0 Å². The van der Waals surface area contributed by atoms with Crippen molar-refractivity contribution in [2.24, 2.45) is 4.99 Å². The van der Waals surface area contributed by atoms with E-state index in [2.05, 4.69) is 20.8 Å². The largest absolute Gasteiger partial charge is 0.481 e. The summed E-state index contributed by atoms with van der Waals surface area (Å²) >= 11 is 0. The minimum Gasteiger partial charge on any atom is -0.481 e. The number of nitrogens with one attached hydrogen (secondary N) is 3. The maximum Gasteiger partial charge on any atom is 0.214 e. The smallest absolute Gasteiger partial charge is 0.214 e. The first kappa shape index (κ1) is 20.5. The van der Waals surface area contributed by atoms with Crippen molar-refractivity contribution in [3.63, 3.8) is 0 Å². The van der Waals surface area contributed by atoms with E-state index in [1.165, 1.54) is 13.2 Å². The van der Waals surface area contributed by atoms with Crippen molar-refractivity contribution in [1.82, 2.24) is 20.2 Å². The molecule has 0 amide bonds. The van der Waals surface area contributed by atoms with Gasteiger partial charge >= 0.3 is 0 Å². The summed E-state index contributed by atoms with van der Waals surface area (Å²) in [5.74, 6) is 0.102. The fraction of sp³-hybridized carbons (Fsp3) is 0.174. The average molecular weight is 418 g/mol. The number of aromatic nitrogens is 2. The Morgan fingerprint density at radius 3 is 2.81 bits per heavy atom. The predicted octanol–water partition coefficient (Wildman–Crippen LogP) is 4.00. The number of nitrogens with zero attached hydrogens (tertiary/aromatic N) is 3. The molecule has 0 aliphatic carbocycles. The van der Waals surface area contributed by atoms with Crippen LogP contribution in [0.2, 0.25) is 0 Å². The van der Waals surface area contributed by atoms with Crippen LogP contribution < -0.4 is 10.9 Å². The number of hydrogen-bond acceptors (Lipinski definition) is 5. The highest BCUT2D eigenvalue weighted by Crippen LogP contribution is 2.33. The molecule has 158 valence electrons. The minimum absolute atomic E-state index is 0.0290. The molecule has 0 radical (unpaired) electrons. The van der Waals surface area contributed by atoms with Crippen LogP contribution in [0.3, 0.4) is 0 Å². The molecule has 1 unspecified atom stereocenters. The van der Waals surface area contributed by atoms with Gasteiger partial charge < -0.3 is 10.2 Å². The molecule has 2 aromatic heterocycles. The van der Waals surface area contributed by atoms with Gasteiger partial charge in [-0.25, -0.2) is 14.8 Å². The molecule has 4 rings (SSSR count). The molecular weight excluding hydrogens is 395 g/mol. The summed E-state index contributed by atoms with van der Waals surface area (Å²) in [7, 11) is 1.52. The van der Waals surface area contributed by atoms with E-state index in [0.29, 0.717) is 22.8 Å². The Kier molecular flexibility index (Phi) is 5.64. The molecule has 3 N–H and O–H groups in total. The molecule has 0 bridgehead atoms. The normalized spacial score (nSPS) is 16.1. The number of methoxy groups -OCH3 is 1. The first-order chi connectivity index (χ1) is 15.0. The van der Waals surface area contributed by atoms with E-state index in [0.717, 1.165) is 16.7 Å². The maximum atomic E-state index is 14.4. The standard InChI is InChI=1S/C23H23FN6O/c1-14(2)10-21(31-3)28-23(25)19-12-26-20-9-8-15(13-30(19)20)17-11-27-29-22(17)16-6-4-5-7-18(16)24/h4-13,22,25,27,29H,1-3H3. The molecule has 3 aromatic rings. The van der Waals surface area contributed by atoms with Gasteiger partial charge in [-0.3, -0.25) is 9.81 Å². The molecule has 7 nitrogen and oxygen atoms in total. The lowest BCUT2D eigenvalue weighted by molar-refractivity contribution is 0.407. The number of hydrogen-bond donors (Lipinski definition) is 3. The van der Waals surface area contributed by atoms with E-state index in [1.807, 2.05) is 44.4 Å². The zero-order valence-electron chi connectivity index (χ0n) is 17.5. The van der Waals surface area contributed by atoms with Crippen LogP contribution in [0.15, 0.2) is 71.6 Å². The number of aliphatic imine (C=N–C) groups is 1. The number of imidazole rings is 1. The lowest BCUT2D eigenvalue weighted by atomic mass is 9.95. The van der Waals surface area contributed by atoms with Gasteiger partial charge in [0.15, 0.2) is 5.84 Å². The van der Waals surface area contributed by atoms with Crippen LogP contribution in [-0.2, 0) is 4.74 Å². The molecule has 3 heterocycles. The first-order valence-corrected chi connectivity index (χ1v) is 9.77. The molecule has 1 aromatic carbocycles. The third kappa shape index (κ3) is 4.10. The summed E-state index contributed by atoms with van der Waals surface area (Å²) in [5, 5.41) is 8.44. The summed E-state index contributed by atoms with van der Waals surface area (Å²) < 4.78 is 21.4. The summed E-state index contributed by atoms with van der Waals surface area (Å²) in [6.07, 6.45) is 7.07. The number of halogens is 1. The number of amidine groups is 1. The molecule has 0 saturated carbocycles. The molecule has 31 heavy (non-hydrogen) atoms. The number of fused-ring (bicyclic) bond motifs is 1. The summed E-state index contributed by atoms with van der Waals surface area (Å²) in [6, 6.07) is 10.1. The first-order valence-electron chi connectivity index (χ1n) is 9.77. The van der Waals surface area contributed by atoms with Crippen LogP contribution in [0, 0.1) is 11.2 Å². The molecule has 1 atom stereocenters. The molecule has 1 aliphatic heterocycles. The molecule has 0 fully saturated rings. The van der Waals surface area contributed by atoms with Crippen LogP contribution in [0.1, 0.15) is 36.7 Å². The minimum atomic E-state index is -0.346. The number of hydrazine groups is 1. The van der Waals surface area contributed by atoms with E-state index >= 15 is 0 Å². The number of rotatable bonds is 4. The van der Waals surface area contributed by atoms with Gasteiger partial charge in [-0.1, -0.05) is 23.8 Å². The van der Waals surface area contributed by atoms with Crippen LogP contribution in [-0.4, -0.2) is 28.2 Å². The van der Waals surface area contributed by atoms with Gasteiger partial charge in [0.1, 0.15) is 17.2 Å². The van der Waals surface area contributed by atoms with Crippen molar-refractivity contribution in [2.75, 3.05) is 7.11 Å². The monoisotopic (exact) mass is 418 g/mol. The topological polar surface area (TPSA) is 86.8 Å². The molecule has 0 saturated heterocycles. The Balaban J connectivity index is 1.72. The third-order valence-electron chi connectivity index (χ3n) is 4.91. The van der Waals surface area contributed by atoms with E-state index in [1.54, 1.807) is 28.8 Å². The Hall–Kier alpha value is -3.78. The van der Waals surface area contributed by atoms with E-state index in [4.69, 9.17) is 10.1 Å².